The monoisotopic (exact) mass is 267 g/mol. The molecular weight excluding hydrogens is 250 g/mol. The number of carbonyl (C=O) groups is 1. The Morgan fingerprint density at radius 2 is 2.00 bits per heavy atom. The van der Waals surface area contributed by atoms with Crippen LogP contribution in [0.1, 0.15) is 43.1 Å². The summed E-state index contributed by atoms with van der Waals surface area (Å²) in [6.07, 6.45) is 7.40. The Morgan fingerprint density at radius 1 is 1.33 bits per heavy atom. The van der Waals surface area contributed by atoms with Crippen molar-refractivity contribution in [2.75, 3.05) is 7.05 Å². The SMILES string of the molecule is CC1CCC(N(C)C(=O)c2cncc(Cl)n2)CC1. The molecule has 1 aromatic heterocycles. The molecule has 1 amide bonds. The molecule has 0 saturated heterocycles. The van der Waals surface area contributed by atoms with Gasteiger partial charge in [-0.15, -0.1) is 0 Å². The number of aromatic nitrogens is 2. The molecule has 5 heteroatoms. The van der Waals surface area contributed by atoms with E-state index in [0.29, 0.717) is 11.7 Å². The van der Waals surface area contributed by atoms with Gasteiger partial charge in [0, 0.05) is 13.1 Å². The van der Waals surface area contributed by atoms with Crippen molar-refractivity contribution in [3.05, 3.63) is 23.2 Å². The molecule has 98 valence electrons. The van der Waals surface area contributed by atoms with Crippen LogP contribution in [0.15, 0.2) is 12.4 Å². The number of hydrogen-bond acceptors (Lipinski definition) is 3. The summed E-state index contributed by atoms with van der Waals surface area (Å²) in [4.78, 5) is 21.9. The molecule has 2 rings (SSSR count). The highest BCUT2D eigenvalue weighted by Crippen LogP contribution is 2.27. The molecule has 1 aromatic rings. The Hall–Kier alpha value is -1.16. The molecule has 0 aromatic carbocycles. The first kappa shape index (κ1) is 13.3. The van der Waals surface area contributed by atoms with Crippen molar-refractivity contribution in [2.24, 2.45) is 5.92 Å². The molecular formula is C13H18ClN3O. The molecule has 1 fully saturated rings. The molecule has 1 saturated carbocycles. The molecule has 0 aliphatic heterocycles. The van der Waals surface area contributed by atoms with Crippen LogP contribution in [0.3, 0.4) is 0 Å². The van der Waals surface area contributed by atoms with E-state index in [1.807, 2.05) is 7.05 Å². The molecule has 0 spiro atoms. The van der Waals surface area contributed by atoms with Crippen molar-refractivity contribution in [1.82, 2.24) is 14.9 Å². The Labute approximate surface area is 112 Å². The first-order chi connectivity index (χ1) is 8.58. The van der Waals surface area contributed by atoms with Crippen LogP contribution in [-0.2, 0) is 0 Å². The van der Waals surface area contributed by atoms with Gasteiger partial charge in [0.2, 0.25) is 0 Å². The van der Waals surface area contributed by atoms with Gasteiger partial charge in [-0.05, 0) is 31.6 Å². The minimum Gasteiger partial charge on any atom is -0.337 e. The Balaban J connectivity index is 2.04. The number of rotatable bonds is 2. The van der Waals surface area contributed by atoms with Gasteiger partial charge in [0.05, 0.1) is 12.4 Å². The second kappa shape index (κ2) is 5.65. The fourth-order valence-electron chi connectivity index (χ4n) is 2.42. The third kappa shape index (κ3) is 2.99. The molecule has 0 bridgehead atoms. The standard InChI is InChI=1S/C13H18ClN3O/c1-9-3-5-10(6-4-9)17(2)13(18)11-7-15-8-12(14)16-11/h7-10H,3-6H2,1-2H3. The quantitative estimate of drug-likeness (QED) is 0.828. The highest BCUT2D eigenvalue weighted by atomic mass is 35.5. The molecule has 1 heterocycles. The van der Waals surface area contributed by atoms with Crippen molar-refractivity contribution < 1.29 is 4.79 Å². The number of amides is 1. The molecule has 0 radical (unpaired) electrons. The second-order valence-electron chi connectivity index (χ2n) is 5.06. The summed E-state index contributed by atoms with van der Waals surface area (Å²) >= 11 is 5.75. The summed E-state index contributed by atoms with van der Waals surface area (Å²) in [6, 6.07) is 0.314. The van der Waals surface area contributed by atoms with E-state index in [4.69, 9.17) is 11.6 Å². The first-order valence-corrected chi connectivity index (χ1v) is 6.70. The van der Waals surface area contributed by atoms with Crippen LogP contribution in [-0.4, -0.2) is 33.9 Å². The number of hydrogen-bond donors (Lipinski definition) is 0. The maximum atomic E-state index is 12.2. The number of carbonyl (C=O) groups excluding carboxylic acids is 1. The highest BCUT2D eigenvalue weighted by molar-refractivity contribution is 6.29. The first-order valence-electron chi connectivity index (χ1n) is 6.32. The third-order valence-corrected chi connectivity index (χ3v) is 3.86. The summed E-state index contributed by atoms with van der Waals surface area (Å²) < 4.78 is 0. The van der Waals surface area contributed by atoms with Gasteiger partial charge in [-0.25, -0.2) is 4.98 Å². The van der Waals surface area contributed by atoms with Crippen LogP contribution in [0.4, 0.5) is 0 Å². The lowest BCUT2D eigenvalue weighted by atomic mass is 9.86. The molecule has 1 aliphatic rings. The van der Waals surface area contributed by atoms with Crippen molar-refractivity contribution in [2.45, 2.75) is 38.6 Å². The van der Waals surface area contributed by atoms with Gasteiger partial charge < -0.3 is 4.90 Å². The van der Waals surface area contributed by atoms with E-state index >= 15 is 0 Å². The van der Waals surface area contributed by atoms with Crippen LogP contribution >= 0.6 is 11.6 Å². The van der Waals surface area contributed by atoms with E-state index in [2.05, 4.69) is 16.9 Å². The van der Waals surface area contributed by atoms with Crippen LogP contribution in [0.25, 0.3) is 0 Å². The lowest BCUT2D eigenvalue weighted by molar-refractivity contribution is 0.0673. The van der Waals surface area contributed by atoms with Gasteiger partial charge in [-0.1, -0.05) is 18.5 Å². The van der Waals surface area contributed by atoms with Gasteiger partial charge >= 0.3 is 0 Å². The summed E-state index contributed by atoms with van der Waals surface area (Å²) in [7, 11) is 1.84. The smallest absolute Gasteiger partial charge is 0.274 e. The Bertz CT molecular complexity index is 430. The summed E-state index contributed by atoms with van der Waals surface area (Å²) in [5.74, 6) is 0.681. The number of nitrogens with zero attached hydrogens (tertiary/aromatic N) is 3. The van der Waals surface area contributed by atoms with E-state index < -0.39 is 0 Å². The van der Waals surface area contributed by atoms with E-state index in [0.717, 1.165) is 18.8 Å². The Morgan fingerprint density at radius 3 is 2.61 bits per heavy atom. The van der Waals surface area contributed by atoms with Crippen LogP contribution in [0.5, 0.6) is 0 Å². The molecule has 0 atom stereocenters. The molecule has 18 heavy (non-hydrogen) atoms. The normalized spacial score (nSPS) is 23.7. The van der Waals surface area contributed by atoms with Crippen LogP contribution < -0.4 is 0 Å². The maximum Gasteiger partial charge on any atom is 0.274 e. The summed E-state index contributed by atoms with van der Waals surface area (Å²) in [5.41, 5.74) is 0.323. The lowest BCUT2D eigenvalue weighted by Crippen LogP contribution is -2.39. The van der Waals surface area contributed by atoms with Gasteiger partial charge in [0.15, 0.2) is 0 Å². The molecule has 0 N–H and O–H groups in total. The minimum atomic E-state index is -0.0930. The Kier molecular flexibility index (Phi) is 4.17. The minimum absolute atomic E-state index is 0.0930. The largest absolute Gasteiger partial charge is 0.337 e. The van der Waals surface area contributed by atoms with Crippen molar-refractivity contribution in [3.63, 3.8) is 0 Å². The summed E-state index contributed by atoms with van der Waals surface area (Å²) in [5, 5.41) is 0.256. The van der Waals surface area contributed by atoms with E-state index in [-0.39, 0.29) is 11.1 Å². The average molecular weight is 268 g/mol. The van der Waals surface area contributed by atoms with Crippen LogP contribution in [0, 0.1) is 5.92 Å². The van der Waals surface area contributed by atoms with Gasteiger partial charge in [-0.3, -0.25) is 9.78 Å². The van der Waals surface area contributed by atoms with Gasteiger partial charge in [-0.2, -0.15) is 0 Å². The van der Waals surface area contributed by atoms with E-state index in [1.165, 1.54) is 25.2 Å². The van der Waals surface area contributed by atoms with Gasteiger partial charge in [0.25, 0.3) is 5.91 Å². The topological polar surface area (TPSA) is 46.1 Å². The lowest BCUT2D eigenvalue weighted by Gasteiger charge is -2.33. The van der Waals surface area contributed by atoms with Crippen molar-refractivity contribution >= 4 is 17.5 Å². The van der Waals surface area contributed by atoms with Crippen molar-refractivity contribution in [3.8, 4) is 0 Å². The third-order valence-electron chi connectivity index (χ3n) is 3.68. The highest BCUT2D eigenvalue weighted by Gasteiger charge is 2.26. The van der Waals surface area contributed by atoms with Gasteiger partial charge in [0.1, 0.15) is 10.8 Å². The second-order valence-corrected chi connectivity index (χ2v) is 5.44. The number of halogens is 1. The van der Waals surface area contributed by atoms with E-state index in [1.54, 1.807) is 4.90 Å². The summed E-state index contributed by atoms with van der Waals surface area (Å²) in [6.45, 7) is 2.26. The fraction of sp³-hybridized carbons (Fsp3) is 0.615. The molecule has 0 unspecified atom stereocenters. The average Bonchev–Trinajstić information content (AvgIpc) is 2.38. The zero-order valence-corrected chi connectivity index (χ0v) is 11.5. The zero-order valence-electron chi connectivity index (χ0n) is 10.8. The molecule has 4 nitrogen and oxygen atoms in total. The zero-order chi connectivity index (χ0) is 13.1. The van der Waals surface area contributed by atoms with Crippen LogP contribution in [0.2, 0.25) is 5.15 Å². The fourth-order valence-corrected chi connectivity index (χ4v) is 2.57. The van der Waals surface area contributed by atoms with E-state index in [9.17, 15) is 4.79 Å². The predicted octanol–water partition coefficient (Wildman–Crippen LogP) is 2.78. The maximum absolute atomic E-state index is 12.2. The predicted molar refractivity (Wildman–Crippen MR) is 70.6 cm³/mol. The molecule has 1 aliphatic carbocycles. The van der Waals surface area contributed by atoms with Crippen molar-refractivity contribution in [1.29, 1.82) is 0 Å².